The predicted molar refractivity (Wildman–Crippen MR) is 55.8 cm³/mol. The molecule has 0 aliphatic carbocycles. The third-order valence-corrected chi connectivity index (χ3v) is 4.25. The second-order valence-electron chi connectivity index (χ2n) is 2.29. The molecule has 5 heteroatoms. The van der Waals surface area contributed by atoms with Crippen molar-refractivity contribution in [2.45, 2.75) is 6.92 Å². The Balaban J connectivity index is 2.95. The molecule has 2 aromatic heterocycles. The Morgan fingerprint density at radius 3 is 3.00 bits per heavy atom. The van der Waals surface area contributed by atoms with Crippen LogP contribution in [-0.2, 0) is 0 Å². The third-order valence-electron chi connectivity index (χ3n) is 1.54. The van der Waals surface area contributed by atoms with Gasteiger partial charge in [-0.3, -0.25) is 5.10 Å². The largest absolute Gasteiger partial charge is 0.384 e. The summed E-state index contributed by atoms with van der Waals surface area (Å²) in [6.07, 6.45) is 0. The number of halogens is 1. The number of aromatic nitrogens is 2. The van der Waals surface area contributed by atoms with Gasteiger partial charge >= 0.3 is 0 Å². The van der Waals surface area contributed by atoms with Gasteiger partial charge in [0.25, 0.3) is 0 Å². The Morgan fingerprint density at radius 2 is 2.36 bits per heavy atom. The van der Waals surface area contributed by atoms with E-state index in [0.717, 1.165) is 10.2 Å². The highest BCUT2D eigenvalue weighted by atomic mass is 127. The molecule has 0 amide bonds. The molecule has 2 aromatic rings. The second-order valence-corrected chi connectivity index (χ2v) is 4.57. The van der Waals surface area contributed by atoms with Gasteiger partial charge in [0.05, 0.1) is 5.39 Å². The highest BCUT2D eigenvalue weighted by molar-refractivity contribution is 14.1. The Labute approximate surface area is 81.1 Å². The topological polar surface area (TPSA) is 54.7 Å². The standard InChI is InChI=1S/C6H6IN3S/c1-2-4(7)3-5(8)9-10-6(3)11-2/h1H3,(H3,8,9,10). The second kappa shape index (κ2) is 2.34. The molecule has 2 heterocycles. The molecule has 0 saturated carbocycles. The SMILES string of the molecule is Cc1sc2n[nH]c(N)c2c1I. The van der Waals surface area contributed by atoms with Crippen molar-refractivity contribution in [1.82, 2.24) is 10.2 Å². The maximum absolute atomic E-state index is 5.67. The maximum Gasteiger partial charge on any atom is 0.148 e. The Kier molecular flexibility index (Phi) is 1.57. The summed E-state index contributed by atoms with van der Waals surface area (Å²) in [5.74, 6) is 0.675. The van der Waals surface area contributed by atoms with Crippen molar-refractivity contribution in [3.8, 4) is 0 Å². The van der Waals surface area contributed by atoms with Gasteiger partial charge in [-0.15, -0.1) is 11.3 Å². The van der Waals surface area contributed by atoms with Gasteiger partial charge in [0.15, 0.2) is 0 Å². The van der Waals surface area contributed by atoms with E-state index in [4.69, 9.17) is 5.73 Å². The summed E-state index contributed by atoms with van der Waals surface area (Å²) in [5.41, 5.74) is 5.67. The van der Waals surface area contributed by atoms with Crippen LogP contribution in [0, 0.1) is 10.5 Å². The molecule has 2 rings (SSSR count). The summed E-state index contributed by atoms with van der Waals surface area (Å²) in [6, 6.07) is 0. The van der Waals surface area contributed by atoms with Crippen LogP contribution in [0.4, 0.5) is 5.82 Å². The van der Waals surface area contributed by atoms with Crippen LogP contribution in [-0.4, -0.2) is 10.2 Å². The van der Waals surface area contributed by atoms with Crippen LogP contribution in [0.3, 0.4) is 0 Å². The lowest BCUT2D eigenvalue weighted by Crippen LogP contribution is -1.85. The Morgan fingerprint density at radius 1 is 1.64 bits per heavy atom. The molecule has 0 saturated heterocycles. The first kappa shape index (κ1) is 7.35. The molecule has 0 aliphatic heterocycles. The number of nitrogens with two attached hydrogens (primary N) is 1. The molecule has 58 valence electrons. The number of nitrogens with one attached hydrogen (secondary N) is 1. The molecule has 0 fully saturated rings. The number of fused-ring (bicyclic) bond motifs is 1. The molecule has 3 nitrogen and oxygen atoms in total. The number of hydrogen-bond donors (Lipinski definition) is 2. The molecular formula is C6H6IN3S. The Bertz CT molecular complexity index is 403. The molecule has 0 atom stereocenters. The van der Waals surface area contributed by atoms with Gasteiger partial charge in [0.1, 0.15) is 10.6 Å². The van der Waals surface area contributed by atoms with Crippen LogP contribution >= 0.6 is 33.9 Å². The molecule has 0 spiro atoms. The fourth-order valence-electron chi connectivity index (χ4n) is 0.990. The van der Waals surface area contributed by atoms with Crippen molar-refractivity contribution < 1.29 is 0 Å². The fraction of sp³-hybridized carbons (Fsp3) is 0.167. The number of H-pyrrole nitrogens is 1. The Hall–Kier alpha value is -0.300. The minimum absolute atomic E-state index is 0.675. The molecule has 0 unspecified atom stereocenters. The van der Waals surface area contributed by atoms with Crippen LogP contribution in [0.2, 0.25) is 0 Å². The highest BCUT2D eigenvalue weighted by Crippen LogP contribution is 2.33. The summed E-state index contributed by atoms with van der Waals surface area (Å²) in [4.78, 5) is 2.29. The zero-order valence-corrected chi connectivity index (χ0v) is 8.78. The van der Waals surface area contributed by atoms with E-state index in [-0.39, 0.29) is 0 Å². The first-order chi connectivity index (χ1) is 5.20. The first-order valence-electron chi connectivity index (χ1n) is 3.08. The lowest BCUT2D eigenvalue weighted by atomic mass is 10.4. The van der Waals surface area contributed by atoms with E-state index in [2.05, 4.69) is 39.7 Å². The maximum atomic E-state index is 5.67. The fourth-order valence-corrected chi connectivity index (χ4v) is 2.94. The van der Waals surface area contributed by atoms with Crippen molar-refractivity contribution in [2.75, 3.05) is 5.73 Å². The van der Waals surface area contributed by atoms with Crippen molar-refractivity contribution in [2.24, 2.45) is 0 Å². The monoisotopic (exact) mass is 279 g/mol. The van der Waals surface area contributed by atoms with Gasteiger partial charge < -0.3 is 5.73 Å². The van der Waals surface area contributed by atoms with Crippen molar-refractivity contribution in [1.29, 1.82) is 0 Å². The summed E-state index contributed by atoms with van der Waals surface area (Å²) < 4.78 is 1.22. The molecule has 0 radical (unpaired) electrons. The molecule has 0 aliphatic rings. The molecule has 3 N–H and O–H groups in total. The van der Waals surface area contributed by atoms with Gasteiger partial charge in [0.2, 0.25) is 0 Å². The number of thiophene rings is 1. The van der Waals surface area contributed by atoms with Crippen LogP contribution in [0.1, 0.15) is 4.88 Å². The lowest BCUT2D eigenvalue weighted by Gasteiger charge is -1.86. The summed E-state index contributed by atoms with van der Waals surface area (Å²) in [7, 11) is 0. The number of aryl methyl sites for hydroxylation is 1. The van der Waals surface area contributed by atoms with Crippen molar-refractivity contribution in [3.63, 3.8) is 0 Å². The first-order valence-corrected chi connectivity index (χ1v) is 4.98. The van der Waals surface area contributed by atoms with Gasteiger partial charge in [-0.05, 0) is 29.5 Å². The highest BCUT2D eigenvalue weighted by Gasteiger charge is 2.11. The van der Waals surface area contributed by atoms with E-state index in [1.807, 2.05) is 0 Å². The van der Waals surface area contributed by atoms with E-state index < -0.39 is 0 Å². The average Bonchev–Trinajstić information content (AvgIpc) is 2.41. The lowest BCUT2D eigenvalue weighted by molar-refractivity contribution is 1.13. The summed E-state index contributed by atoms with van der Waals surface area (Å²) in [6.45, 7) is 2.08. The van der Waals surface area contributed by atoms with Crippen LogP contribution in [0.15, 0.2) is 0 Å². The van der Waals surface area contributed by atoms with E-state index in [9.17, 15) is 0 Å². The molecule has 0 aromatic carbocycles. The van der Waals surface area contributed by atoms with E-state index in [1.54, 1.807) is 11.3 Å². The van der Waals surface area contributed by atoms with Gasteiger partial charge in [-0.1, -0.05) is 0 Å². The number of aromatic amines is 1. The third kappa shape index (κ3) is 0.943. The minimum Gasteiger partial charge on any atom is -0.384 e. The van der Waals surface area contributed by atoms with Gasteiger partial charge in [0, 0.05) is 8.45 Å². The molecule has 11 heavy (non-hydrogen) atoms. The number of anilines is 1. The number of hydrogen-bond acceptors (Lipinski definition) is 3. The summed E-state index contributed by atoms with van der Waals surface area (Å²) in [5, 5.41) is 7.90. The average molecular weight is 279 g/mol. The van der Waals surface area contributed by atoms with Crippen LogP contribution < -0.4 is 5.73 Å². The number of nitrogens with zero attached hydrogens (tertiary/aromatic N) is 1. The predicted octanol–water partition coefficient (Wildman–Crippen LogP) is 2.12. The van der Waals surface area contributed by atoms with Crippen LogP contribution in [0.25, 0.3) is 10.2 Å². The quantitative estimate of drug-likeness (QED) is 0.726. The van der Waals surface area contributed by atoms with Crippen molar-refractivity contribution in [3.05, 3.63) is 8.45 Å². The van der Waals surface area contributed by atoms with Crippen molar-refractivity contribution >= 4 is 50.0 Å². The van der Waals surface area contributed by atoms with Gasteiger partial charge in [-0.2, -0.15) is 5.10 Å². The van der Waals surface area contributed by atoms with Gasteiger partial charge in [-0.25, -0.2) is 0 Å². The van der Waals surface area contributed by atoms with E-state index in [1.165, 1.54) is 8.45 Å². The normalized spacial score (nSPS) is 11.1. The number of nitrogen functional groups attached to an aromatic ring is 1. The molecular weight excluding hydrogens is 273 g/mol. The smallest absolute Gasteiger partial charge is 0.148 e. The van der Waals surface area contributed by atoms with Crippen LogP contribution in [0.5, 0.6) is 0 Å². The zero-order chi connectivity index (χ0) is 8.01. The zero-order valence-electron chi connectivity index (χ0n) is 5.81. The molecule has 0 bridgehead atoms. The summed E-state index contributed by atoms with van der Waals surface area (Å²) >= 11 is 3.96. The van der Waals surface area contributed by atoms with E-state index in [0.29, 0.717) is 5.82 Å². The van der Waals surface area contributed by atoms with E-state index >= 15 is 0 Å². The number of rotatable bonds is 0. The minimum atomic E-state index is 0.675.